The zero-order chi connectivity index (χ0) is 12.4. The van der Waals surface area contributed by atoms with Crippen molar-refractivity contribution < 1.29 is 8.78 Å². The molecule has 0 spiro atoms. The van der Waals surface area contributed by atoms with E-state index in [9.17, 15) is 8.78 Å². The molecule has 0 saturated carbocycles. The molecule has 1 aromatic heterocycles. The Kier molecular flexibility index (Phi) is 3.83. The van der Waals surface area contributed by atoms with Crippen molar-refractivity contribution in [3.63, 3.8) is 0 Å². The number of aromatic nitrogens is 2. The maximum atomic E-state index is 12.6. The van der Waals surface area contributed by atoms with Crippen LogP contribution in [-0.4, -0.2) is 9.97 Å². The fourth-order valence-electron chi connectivity index (χ4n) is 1.33. The summed E-state index contributed by atoms with van der Waals surface area (Å²) in [6.07, 6.45) is -2.49. The second-order valence-corrected chi connectivity index (χ2v) is 4.89. The molecule has 0 bridgehead atoms. The molecule has 1 heterocycles. The lowest BCUT2D eigenvalue weighted by molar-refractivity contribution is 0.151. The van der Waals surface area contributed by atoms with E-state index < -0.39 is 6.43 Å². The van der Waals surface area contributed by atoms with Crippen LogP contribution in [0.3, 0.4) is 0 Å². The van der Waals surface area contributed by atoms with Crippen molar-refractivity contribution in [2.75, 3.05) is 0 Å². The van der Waals surface area contributed by atoms with Gasteiger partial charge in [0.2, 0.25) is 0 Å². The van der Waals surface area contributed by atoms with Gasteiger partial charge in [0.1, 0.15) is 9.21 Å². The maximum Gasteiger partial charge on any atom is 0.263 e. The molecule has 17 heavy (non-hydrogen) atoms. The van der Waals surface area contributed by atoms with Crippen molar-refractivity contribution in [1.82, 2.24) is 9.97 Å². The Morgan fingerprint density at radius 3 is 2.24 bits per heavy atom. The third-order valence-electron chi connectivity index (χ3n) is 2.06. The molecule has 2 nitrogen and oxygen atoms in total. The molecule has 0 aliphatic rings. The van der Waals surface area contributed by atoms with Crippen LogP contribution in [-0.2, 0) is 0 Å². The molecule has 88 valence electrons. The SMILES string of the molecule is FC(F)c1cccc(-c2nc(Br)cc(Br)n2)c1. The molecule has 0 unspecified atom stereocenters. The number of alkyl halides is 2. The van der Waals surface area contributed by atoms with E-state index in [-0.39, 0.29) is 5.56 Å². The summed E-state index contributed by atoms with van der Waals surface area (Å²) in [5.74, 6) is 0.397. The molecule has 0 amide bonds. The topological polar surface area (TPSA) is 25.8 Å². The summed E-state index contributed by atoms with van der Waals surface area (Å²) in [6, 6.07) is 7.70. The highest BCUT2D eigenvalue weighted by atomic mass is 79.9. The van der Waals surface area contributed by atoms with Gasteiger partial charge >= 0.3 is 0 Å². The van der Waals surface area contributed by atoms with Crippen LogP contribution in [0.5, 0.6) is 0 Å². The van der Waals surface area contributed by atoms with Gasteiger partial charge < -0.3 is 0 Å². The third-order valence-corrected chi connectivity index (χ3v) is 2.87. The van der Waals surface area contributed by atoms with Gasteiger partial charge in [0, 0.05) is 17.2 Å². The van der Waals surface area contributed by atoms with Crippen molar-refractivity contribution in [1.29, 1.82) is 0 Å². The Morgan fingerprint density at radius 2 is 1.65 bits per heavy atom. The number of hydrogen-bond acceptors (Lipinski definition) is 2. The first-order valence-corrected chi connectivity index (χ1v) is 6.23. The quantitative estimate of drug-likeness (QED) is 0.728. The molecule has 2 rings (SSSR count). The Labute approximate surface area is 113 Å². The summed E-state index contributed by atoms with van der Waals surface area (Å²) >= 11 is 6.46. The molecule has 6 heteroatoms. The predicted molar refractivity (Wildman–Crippen MR) is 67.8 cm³/mol. The summed E-state index contributed by atoms with van der Waals surface area (Å²) in [4.78, 5) is 8.27. The van der Waals surface area contributed by atoms with E-state index in [0.29, 0.717) is 20.6 Å². The van der Waals surface area contributed by atoms with Crippen molar-refractivity contribution in [2.45, 2.75) is 6.43 Å². The second-order valence-electron chi connectivity index (χ2n) is 3.26. The van der Waals surface area contributed by atoms with E-state index in [1.807, 2.05) is 0 Å². The minimum absolute atomic E-state index is 0.0396. The number of nitrogens with zero attached hydrogens (tertiary/aromatic N) is 2. The molecule has 0 N–H and O–H groups in total. The van der Waals surface area contributed by atoms with Crippen LogP contribution in [0.25, 0.3) is 11.4 Å². The van der Waals surface area contributed by atoms with Crippen molar-refractivity contribution >= 4 is 31.9 Å². The van der Waals surface area contributed by atoms with Gasteiger partial charge in [-0.3, -0.25) is 0 Å². The minimum Gasteiger partial charge on any atom is -0.221 e. The molecular formula is C11H6Br2F2N2. The highest BCUT2D eigenvalue weighted by molar-refractivity contribution is 9.11. The molecule has 2 aromatic rings. The second kappa shape index (κ2) is 5.18. The lowest BCUT2D eigenvalue weighted by atomic mass is 10.1. The van der Waals surface area contributed by atoms with Crippen LogP contribution in [0.4, 0.5) is 8.78 Å². The van der Waals surface area contributed by atoms with Crippen LogP contribution >= 0.6 is 31.9 Å². The van der Waals surface area contributed by atoms with Crippen LogP contribution < -0.4 is 0 Å². The van der Waals surface area contributed by atoms with E-state index >= 15 is 0 Å². The zero-order valence-electron chi connectivity index (χ0n) is 8.37. The monoisotopic (exact) mass is 362 g/mol. The summed E-state index contributed by atoms with van der Waals surface area (Å²) in [5, 5.41) is 0. The minimum atomic E-state index is -2.49. The van der Waals surface area contributed by atoms with E-state index in [1.165, 1.54) is 12.1 Å². The fraction of sp³-hybridized carbons (Fsp3) is 0.0909. The number of hydrogen-bond donors (Lipinski definition) is 0. The average Bonchev–Trinajstić information content (AvgIpc) is 2.28. The van der Waals surface area contributed by atoms with E-state index in [1.54, 1.807) is 18.2 Å². The van der Waals surface area contributed by atoms with Gasteiger partial charge in [-0.05, 0) is 37.9 Å². The Balaban J connectivity index is 2.49. The molecule has 0 aliphatic carbocycles. The molecule has 1 aromatic carbocycles. The van der Waals surface area contributed by atoms with Gasteiger partial charge in [-0.1, -0.05) is 18.2 Å². The standard InChI is InChI=1S/C11H6Br2F2N2/c12-8-5-9(13)17-11(16-8)7-3-1-2-6(4-7)10(14)15/h1-5,10H. The summed E-state index contributed by atoms with van der Waals surface area (Å²) in [7, 11) is 0. The maximum absolute atomic E-state index is 12.6. The number of halogens is 4. The molecule has 0 aliphatic heterocycles. The average molecular weight is 364 g/mol. The third kappa shape index (κ3) is 3.07. The van der Waals surface area contributed by atoms with Crippen LogP contribution in [0, 0.1) is 0 Å². The van der Waals surface area contributed by atoms with Crippen LogP contribution in [0.15, 0.2) is 39.5 Å². The highest BCUT2D eigenvalue weighted by Gasteiger charge is 2.10. The number of benzene rings is 1. The molecule has 0 atom stereocenters. The molecular weight excluding hydrogens is 358 g/mol. The van der Waals surface area contributed by atoms with Crippen molar-refractivity contribution in [3.8, 4) is 11.4 Å². The van der Waals surface area contributed by atoms with Gasteiger partial charge in [-0.25, -0.2) is 18.7 Å². The lowest BCUT2D eigenvalue weighted by Crippen LogP contribution is -1.92. The first-order valence-electron chi connectivity index (χ1n) is 4.65. The first-order chi connectivity index (χ1) is 8.06. The molecule has 0 radical (unpaired) electrons. The summed E-state index contributed by atoms with van der Waals surface area (Å²) in [5.41, 5.74) is 0.520. The first kappa shape index (κ1) is 12.6. The predicted octanol–water partition coefficient (Wildman–Crippen LogP) is 4.61. The largest absolute Gasteiger partial charge is 0.263 e. The smallest absolute Gasteiger partial charge is 0.221 e. The van der Waals surface area contributed by atoms with E-state index in [2.05, 4.69) is 41.8 Å². The van der Waals surface area contributed by atoms with Gasteiger partial charge in [-0.2, -0.15) is 0 Å². The van der Waals surface area contributed by atoms with Crippen LogP contribution in [0.1, 0.15) is 12.0 Å². The Hall–Kier alpha value is -0.880. The van der Waals surface area contributed by atoms with Crippen molar-refractivity contribution in [2.24, 2.45) is 0 Å². The number of rotatable bonds is 2. The van der Waals surface area contributed by atoms with E-state index in [0.717, 1.165) is 0 Å². The van der Waals surface area contributed by atoms with Crippen LogP contribution in [0.2, 0.25) is 0 Å². The van der Waals surface area contributed by atoms with E-state index in [4.69, 9.17) is 0 Å². The zero-order valence-corrected chi connectivity index (χ0v) is 11.5. The van der Waals surface area contributed by atoms with Gasteiger partial charge in [0.25, 0.3) is 6.43 Å². The summed E-state index contributed by atoms with van der Waals surface area (Å²) in [6.45, 7) is 0. The fourth-order valence-corrected chi connectivity index (χ4v) is 2.41. The van der Waals surface area contributed by atoms with Gasteiger partial charge in [0.15, 0.2) is 5.82 Å². The van der Waals surface area contributed by atoms with Gasteiger partial charge in [-0.15, -0.1) is 0 Å². The lowest BCUT2D eigenvalue weighted by Gasteiger charge is -2.04. The normalized spacial score (nSPS) is 10.9. The molecule has 0 saturated heterocycles. The van der Waals surface area contributed by atoms with Gasteiger partial charge in [0.05, 0.1) is 0 Å². The summed E-state index contributed by atoms with van der Waals surface area (Å²) < 4.78 is 26.3. The Morgan fingerprint density at radius 1 is 1.00 bits per heavy atom. The van der Waals surface area contributed by atoms with Crippen molar-refractivity contribution in [3.05, 3.63) is 45.1 Å². The highest BCUT2D eigenvalue weighted by Crippen LogP contribution is 2.25. The Bertz CT molecular complexity index is 526. The molecule has 0 fully saturated rings.